The fraction of sp³-hybridized carbons (Fsp3) is 0.375. The molecule has 2 aliphatic rings. The van der Waals surface area contributed by atoms with Crippen LogP contribution in [0.4, 0.5) is 0 Å². The third-order valence-electron chi connectivity index (χ3n) is 13.8. The summed E-state index contributed by atoms with van der Waals surface area (Å²) in [4.78, 5) is 0. The summed E-state index contributed by atoms with van der Waals surface area (Å²) in [6.45, 7) is 9.66. The zero-order chi connectivity index (χ0) is 36.7. The summed E-state index contributed by atoms with van der Waals surface area (Å²) >= 11 is 0. The van der Waals surface area contributed by atoms with E-state index in [1.54, 1.807) is 48.5 Å². The molecule has 0 aliphatic heterocycles. The summed E-state index contributed by atoms with van der Waals surface area (Å²) in [6.07, 6.45) is 8.42. The van der Waals surface area contributed by atoms with Gasteiger partial charge < -0.3 is 20.4 Å². The van der Waals surface area contributed by atoms with Crippen molar-refractivity contribution in [2.24, 2.45) is 11.8 Å². The molecule has 4 heteroatoms. The molecule has 52 heavy (non-hydrogen) atoms. The van der Waals surface area contributed by atoms with Gasteiger partial charge in [-0.25, -0.2) is 0 Å². The van der Waals surface area contributed by atoms with Crippen LogP contribution < -0.4 is 0 Å². The van der Waals surface area contributed by atoms with Crippen molar-refractivity contribution in [1.82, 2.24) is 0 Å². The largest absolute Gasteiger partial charge is 0.508 e. The molecule has 0 saturated heterocycles. The van der Waals surface area contributed by atoms with E-state index < -0.39 is 0 Å². The highest BCUT2D eigenvalue weighted by atomic mass is 16.3. The summed E-state index contributed by atoms with van der Waals surface area (Å²) in [7, 11) is 0. The van der Waals surface area contributed by atoms with E-state index in [0.29, 0.717) is 11.8 Å². The van der Waals surface area contributed by atoms with Gasteiger partial charge in [-0.2, -0.15) is 0 Å². The van der Waals surface area contributed by atoms with Crippen LogP contribution in [0.25, 0.3) is 0 Å². The number of hydrogen-bond acceptors (Lipinski definition) is 4. The van der Waals surface area contributed by atoms with E-state index in [2.05, 4.69) is 100 Å². The van der Waals surface area contributed by atoms with Crippen molar-refractivity contribution in [2.75, 3.05) is 0 Å². The molecule has 4 N–H and O–H groups in total. The number of aromatic hydroxyl groups is 4. The van der Waals surface area contributed by atoms with E-state index in [1.165, 1.54) is 33.4 Å². The molecule has 270 valence electrons. The molecule has 5 aromatic rings. The van der Waals surface area contributed by atoms with Gasteiger partial charge in [0.15, 0.2) is 0 Å². The van der Waals surface area contributed by atoms with Crippen LogP contribution in [0.3, 0.4) is 0 Å². The van der Waals surface area contributed by atoms with Crippen LogP contribution >= 0.6 is 0 Å². The van der Waals surface area contributed by atoms with Gasteiger partial charge in [-0.05, 0) is 156 Å². The van der Waals surface area contributed by atoms with Crippen molar-refractivity contribution in [1.29, 1.82) is 0 Å². The highest BCUT2D eigenvalue weighted by Crippen LogP contribution is 2.53. The van der Waals surface area contributed by atoms with Crippen LogP contribution in [0.5, 0.6) is 23.0 Å². The third kappa shape index (κ3) is 6.46. The van der Waals surface area contributed by atoms with Crippen molar-refractivity contribution in [3.8, 4) is 23.0 Å². The van der Waals surface area contributed by atoms with Crippen LogP contribution in [-0.4, -0.2) is 20.4 Å². The summed E-state index contributed by atoms with van der Waals surface area (Å²) in [6, 6.07) is 40.5. The maximum absolute atomic E-state index is 10.0. The molecule has 0 atom stereocenters. The van der Waals surface area contributed by atoms with Crippen molar-refractivity contribution in [3.05, 3.63) is 155 Å². The van der Waals surface area contributed by atoms with Gasteiger partial charge in [-0.15, -0.1) is 0 Å². The molecule has 2 fully saturated rings. The average Bonchev–Trinajstić information content (AvgIpc) is 3.16. The molecule has 4 nitrogen and oxygen atoms in total. The quantitative estimate of drug-likeness (QED) is 0.130. The van der Waals surface area contributed by atoms with Crippen LogP contribution in [0.1, 0.15) is 112 Å². The summed E-state index contributed by atoms with van der Waals surface area (Å²) in [5.74, 6) is 2.19. The van der Waals surface area contributed by atoms with E-state index >= 15 is 0 Å². The van der Waals surface area contributed by atoms with E-state index in [4.69, 9.17) is 0 Å². The maximum atomic E-state index is 10.0. The Balaban J connectivity index is 1.07. The summed E-state index contributed by atoms with van der Waals surface area (Å²) in [5.41, 5.74) is 7.41. The number of hydrogen-bond donors (Lipinski definition) is 4. The monoisotopic (exact) mass is 694 g/mol. The molecule has 2 saturated carbocycles. The Bertz CT molecular complexity index is 1700. The predicted octanol–water partition coefficient (Wildman–Crippen LogP) is 11.4. The Morgan fingerprint density at radius 3 is 0.788 bits per heavy atom. The minimum Gasteiger partial charge on any atom is -0.508 e. The molecule has 7 rings (SSSR count). The van der Waals surface area contributed by atoms with E-state index in [0.717, 1.165) is 51.4 Å². The fourth-order valence-electron chi connectivity index (χ4n) is 10.1. The lowest BCUT2D eigenvalue weighted by atomic mass is 9.57. The maximum Gasteiger partial charge on any atom is 0.115 e. The molecule has 0 amide bonds. The van der Waals surface area contributed by atoms with Gasteiger partial charge in [0.1, 0.15) is 23.0 Å². The third-order valence-corrected chi connectivity index (χ3v) is 13.8. The van der Waals surface area contributed by atoms with Crippen LogP contribution in [0.2, 0.25) is 0 Å². The second-order valence-electron chi connectivity index (χ2n) is 16.9. The van der Waals surface area contributed by atoms with Gasteiger partial charge in [0, 0.05) is 10.8 Å². The molecule has 0 radical (unpaired) electrons. The lowest BCUT2D eigenvalue weighted by Gasteiger charge is -2.47. The number of phenolic OH excluding ortho intramolecular Hbond substituents is 4. The van der Waals surface area contributed by atoms with Crippen molar-refractivity contribution >= 4 is 0 Å². The van der Waals surface area contributed by atoms with Crippen molar-refractivity contribution in [2.45, 2.75) is 101 Å². The highest BCUT2D eigenvalue weighted by Gasteiger charge is 2.45. The average molecular weight is 695 g/mol. The molecule has 0 heterocycles. The minimum absolute atomic E-state index is 0.0113. The zero-order valence-corrected chi connectivity index (χ0v) is 31.1. The highest BCUT2D eigenvalue weighted by molar-refractivity contribution is 5.46. The Morgan fingerprint density at radius 1 is 0.365 bits per heavy atom. The standard InChI is InChI=1S/C48H54O4/c1-45(2,35-25-29-47(30-26-35,37-9-17-41(49)18-10-37)38-11-19-42(50)20-12-38)33-5-7-34(8-6-33)46(3,4)36-27-31-48(32-28-36,39-13-21-43(51)22-14-39)40-15-23-44(52)24-16-40/h5-24,35-36,49-52H,25-32H2,1-4H3. The van der Waals surface area contributed by atoms with Crippen LogP contribution in [-0.2, 0) is 21.7 Å². The summed E-state index contributed by atoms with van der Waals surface area (Å²) < 4.78 is 0. The molecular formula is C48H54O4. The lowest BCUT2D eigenvalue weighted by Crippen LogP contribution is -2.39. The van der Waals surface area contributed by atoms with Gasteiger partial charge >= 0.3 is 0 Å². The molecule has 0 aromatic heterocycles. The van der Waals surface area contributed by atoms with Gasteiger partial charge in [0.05, 0.1) is 0 Å². The smallest absolute Gasteiger partial charge is 0.115 e. The Kier molecular flexibility index (Phi) is 9.40. The number of phenols is 4. The van der Waals surface area contributed by atoms with Gasteiger partial charge in [-0.3, -0.25) is 0 Å². The van der Waals surface area contributed by atoms with E-state index in [9.17, 15) is 20.4 Å². The predicted molar refractivity (Wildman–Crippen MR) is 210 cm³/mol. The van der Waals surface area contributed by atoms with Crippen LogP contribution in [0.15, 0.2) is 121 Å². The Morgan fingerprint density at radius 2 is 0.577 bits per heavy atom. The first kappa shape index (κ1) is 35.7. The topological polar surface area (TPSA) is 80.9 Å². The molecule has 5 aromatic carbocycles. The van der Waals surface area contributed by atoms with E-state index in [1.807, 2.05) is 0 Å². The Hall–Kier alpha value is -4.70. The number of benzene rings is 5. The Labute approximate surface area is 309 Å². The first-order valence-corrected chi connectivity index (χ1v) is 19.1. The van der Waals surface area contributed by atoms with Crippen molar-refractivity contribution in [3.63, 3.8) is 0 Å². The van der Waals surface area contributed by atoms with Crippen LogP contribution in [0, 0.1) is 11.8 Å². The molecule has 0 spiro atoms. The second kappa shape index (κ2) is 13.7. The van der Waals surface area contributed by atoms with Gasteiger partial charge in [0.25, 0.3) is 0 Å². The molecular weight excluding hydrogens is 641 g/mol. The minimum atomic E-state index is -0.149. The first-order chi connectivity index (χ1) is 24.8. The summed E-state index contributed by atoms with van der Waals surface area (Å²) in [5, 5.41) is 40.2. The van der Waals surface area contributed by atoms with Gasteiger partial charge in [-0.1, -0.05) is 100 Å². The lowest BCUT2D eigenvalue weighted by molar-refractivity contribution is 0.186. The first-order valence-electron chi connectivity index (χ1n) is 19.1. The SMILES string of the molecule is CC(C)(c1ccc(C(C)(C)C2CCC(c3ccc(O)cc3)(c3ccc(O)cc3)CC2)cc1)C1CCC(c2ccc(O)cc2)(c2ccc(O)cc2)CC1. The normalized spacial score (nSPS) is 18.2. The fourth-order valence-corrected chi connectivity index (χ4v) is 10.1. The van der Waals surface area contributed by atoms with Gasteiger partial charge in [0.2, 0.25) is 0 Å². The van der Waals surface area contributed by atoms with E-state index in [-0.39, 0.29) is 44.7 Å². The molecule has 0 bridgehead atoms. The number of rotatable bonds is 8. The molecule has 0 unspecified atom stereocenters. The zero-order valence-electron chi connectivity index (χ0n) is 31.1. The second-order valence-corrected chi connectivity index (χ2v) is 16.9. The van der Waals surface area contributed by atoms with Crippen molar-refractivity contribution < 1.29 is 20.4 Å². The molecule has 2 aliphatic carbocycles.